The zero-order valence-corrected chi connectivity index (χ0v) is 19.5. The van der Waals surface area contributed by atoms with Gasteiger partial charge in [0.2, 0.25) is 5.88 Å². The van der Waals surface area contributed by atoms with Crippen LogP contribution in [0.1, 0.15) is 19.4 Å². The van der Waals surface area contributed by atoms with Crippen molar-refractivity contribution in [2.24, 2.45) is 0 Å². The molecule has 11 nitrogen and oxygen atoms in total. The number of pyridine rings is 1. The lowest BCUT2D eigenvalue weighted by atomic mass is 10.1. The fourth-order valence-corrected chi connectivity index (χ4v) is 3.63. The van der Waals surface area contributed by atoms with Gasteiger partial charge in [-0.15, -0.1) is 0 Å². The lowest BCUT2D eigenvalue weighted by molar-refractivity contribution is -0.384. The van der Waals surface area contributed by atoms with Gasteiger partial charge in [0.05, 0.1) is 48.1 Å². The summed E-state index contributed by atoms with van der Waals surface area (Å²) in [5.74, 6) is 1.08. The number of aromatic nitrogens is 2. The fourth-order valence-electron chi connectivity index (χ4n) is 3.63. The second-order valence-corrected chi connectivity index (χ2v) is 7.81. The first-order valence-corrected chi connectivity index (χ1v) is 10.6. The fraction of sp³-hybridized carbons (Fsp3) is 0.250. The molecule has 1 N–H and O–H groups in total. The van der Waals surface area contributed by atoms with Crippen molar-refractivity contribution >= 4 is 33.6 Å². The summed E-state index contributed by atoms with van der Waals surface area (Å²) in [5, 5.41) is 12.6. The van der Waals surface area contributed by atoms with Gasteiger partial charge >= 0.3 is 6.16 Å². The first kappa shape index (κ1) is 23.8. The minimum atomic E-state index is -0.863. The van der Waals surface area contributed by atoms with E-state index in [-0.39, 0.29) is 30.0 Å². The van der Waals surface area contributed by atoms with Crippen LogP contribution < -0.4 is 14.2 Å². The predicted molar refractivity (Wildman–Crippen MR) is 126 cm³/mol. The maximum atomic E-state index is 12.1. The van der Waals surface area contributed by atoms with Crippen LogP contribution in [0.15, 0.2) is 42.6 Å². The number of methoxy groups -OCH3 is 2. The number of non-ortho nitro benzene ring substituents is 1. The molecule has 0 radical (unpaired) electrons. The number of nitro groups is 1. The Bertz CT molecular complexity index is 1410. The average Bonchev–Trinajstić information content (AvgIpc) is 3.18. The van der Waals surface area contributed by atoms with Gasteiger partial charge in [0.25, 0.3) is 5.69 Å². The topological polar surface area (TPSA) is 135 Å². The van der Waals surface area contributed by atoms with Crippen LogP contribution in [-0.4, -0.2) is 41.4 Å². The Labute approximate surface area is 199 Å². The molecule has 4 rings (SSSR count). The zero-order valence-electron chi connectivity index (χ0n) is 19.5. The number of ether oxygens (including phenoxy) is 5. The molecule has 0 fully saturated rings. The number of nitrogens with zero attached hydrogens (tertiary/aromatic N) is 2. The molecule has 0 aliphatic heterocycles. The molecular formula is C24H23N3O8. The second-order valence-electron chi connectivity index (χ2n) is 7.81. The maximum Gasteiger partial charge on any atom is 0.515 e. The van der Waals surface area contributed by atoms with Crippen molar-refractivity contribution in [2.45, 2.75) is 26.6 Å². The molecule has 35 heavy (non-hydrogen) atoms. The molecule has 0 aliphatic carbocycles. The Balaban J connectivity index is 1.77. The normalized spacial score (nSPS) is 11.1. The van der Waals surface area contributed by atoms with E-state index in [4.69, 9.17) is 23.7 Å². The quantitative estimate of drug-likeness (QED) is 0.197. The Kier molecular flexibility index (Phi) is 6.69. The van der Waals surface area contributed by atoms with Crippen LogP contribution in [0.5, 0.6) is 23.1 Å². The second kappa shape index (κ2) is 9.85. The number of nitro benzene ring substituents is 1. The molecule has 0 unspecified atom stereocenters. The van der Waals surface area contributed by atoms with Crippen molar-refractivity contribution in [3.63, 3.8) is 0 Å². The molecular weight excluding hydrogens is 458 g/mol. The van der Waals surface area contributed by atoms with Gasteiger partial charge in [-0.1, -0.05) is 0 Å². The summed E-state index contributed by atoms with van der Waals surface area (Å²) in [6.07, 6.45) is 0.353. The van der Waals surface area contributed by atoms with Gasteiger partial charge in [-0.05, 0) is 38.1 Å². The van der Waals surface area contributed by atoms with Crippen molar-refractivity contribution in [2.75, 3.05) is 14.2 Å². The van der Waals surface area contributed by atoms with Gasteiger partial charge in [0, 0.05) is 29.5 Å². The molecule has 4 aromatic rings. The third kappa shape index (κ3) is 4.94. The van der Waals surface area contributed by atoms with Gasteiger partial charge < -0.3 is 28.7 Å². The van der Waals surface area contributed by atoms with E-state index in [1.807, 2.05) is 6.07 Å². The highest BCUT2D eigenvalue weighted by atomic mass is 16.7. The number of hydrogen-bond acceptors (Lipinski definition) is 9. The molecule has 2 aromatic heterocycles. The summed E-state index contributed by atoms with van der Waals surface area (Å²) in [7, 11) is 2.93. The average molecular weight is 481 g/mol. The summed E-state index contributed by atoms with van der Waals surface area (Å²) >= 11 is 0. The number of rotatable bonds is 8. The summed E-state index contributed by atoms with van der Waals surface area (Å²) in [6, 6.07) is 9.48. The molecule has 11 heteroatoms. The summed E-state index contributed by atoms with van der Waals surface area (Å²) < 4.78 is 27.0. The van der Waals surface area contributed by atoms with E-state index in [1.54, 1.807) is 32.2 Å². The Morgan fingerprint density at radius 1 is 1.11 bits per heavy atom. The molecule has 0 atom stereocenters. The van der Waals surface area contributed by atoms with Crippen LogP contribution in [0.25, 0.3) is 21.8 Å². The minimum Gasteiger partial charge on any atom is -0.493 e. The number of H-pyrrole nitrogens is 1. The van der Waals surface area contributed by atoms with Crippen LogP contribution >= 0.6 is 0 Å². The van der Waals surface area contributed by atoms with Crippen molar-refractivity contribution < 1.29 is 33.4 Å². The lowest BCUT2D eigenvalue weighted by Crippen LogP contribution is -2.17. The monoisotopic (exact) mass is 481 g/mol. The number of hydrogen-bond donors (Lipinski definition) is 1. The van der Waals surface area contributed by atoms with Gasteiger partial charge in [-0.2, -0.15) is 0 Å². The Morgan fingerprint density at radius 2 is 1.91 bits per heavy atom. The largest absolute Gasteiger partial charge is 0.515 e. The van der Waals surface area contributed by atoms with Gasteiger partial charge in [0.15, 0.2) is 11.5 Å². The van der Waals surface area contributed by atoms with Crippen molar-refractivity contribution in [3.05, 3.63) is 58.3 Å². The van der Waals surface area contributed by atoms with E-state index in [2.05, 4.69) is 9.97 Å². The van der Waals surface area contributed by atoms with Crippen molar-refractivity contribution in [1.82, 2.24) is 9.97 Å². The van der Waals surface area contributed by atoms with E-state index in [9.17, 15) is 14.9 Å². The Hall–Kier alpha value is -4.38. The number of aromatic amines is 1. The van der Waals surface area contributed by atoms with Crippen LogP contribution in [-0.2, 0) is 16.1 Å². The highest BCUT2D eigenvalue weighted by molar-refractivity contribution is 6.09. The van der Waals surface area contributed by atoms with Crippen molar-refractivity contribution in [3.8, 4) is 23.1 Å². The highest BCUT2D eigenvalue weighted by Gasteiger charge is 2.20. The van der Waals surface area contributed by atoms with Gasteiger partial charge in [-0.25, -0.2) is 9.78 Å². The summed E-state index contributed by atoms with van der Waals surface area (Å²) in [5.41, 5.74) is 1.95. The van der Waals surface area contributed by atoms with Gasteiger partial charge in [0.1, 0.15) is 5.75 Å². The summed E-state index contributed by atoms with van der Waals surface area (Å²) in [6.45, 7) is 3.56. The molecule has 0 spiro atoms. The standard InChI is InChI=1S/C24H23N3O8/c1-13(2)33-24(28)35-23-17(12-31-3)22-16-10-15(6-7-18(16)26-19(22)11-25-23)34-20-8-5-14(27(29)30)9-21(20)32-4/h5-11,13,26H,12H2,1-4H3. The molecule has 0 aliphatic rings. The van der Waals surface area contributed by atoms with Crippen molar-refractivity contribution in [1.29, 1.82) is 0 Å². The SMILES string of the molecule is COCc1c(OC(=O)OC(C)C)ncc2[nH]c3ccc(Oc4ccc([N+](=O)[O-])cc4OC)cc3c12. The van der Waals surface area contributed by atoms with E-state index in [1.165, 1.54) is 32.4 Å². The molecule has 0 amide bonds. The highest BCUT2D eigenvalue weighted by Crippen LogP contribution is 2.38. The smallest absolute Gasteiger partial charge is 0.493 e. The first-order chi connectivity index (χ1) is 16.8. The molecule has 0 saturated carbocycles. The predicted octanol–water partition coefficient (Wildman–Crippen LogP) is 5.50. The third-order valence-electron chi connectivity index (χ3n) is 5.06. The molecule has 0 bridgehead atoms. The lowest BCUT2D eigenvalue weighted by Gasteiger charge is -2.12. The van der Waals surface area contributed by atoms with Crippen LogP contribution in [0.4, 0.5) is 10.5 Å². The van der Waals surface area contributed by atoms with Crippen LogP contribution in [0.3, 0.4) is 0 Å². The molecule has 182 valence electrons. The molecule has 2 aromatic carbocycles. The van der Waals surface area contributed by atoms with E-state index >= 15 is 0 Å². The number of benzene rings is 2. The van der Waals surface area contributed by atoms with E-state index < -0.39 is 11.1 Å². The van der Waals surface area contributed by atoms with Gasteiger partial charge in [-0.3, -0.25) is 10.1 Å². The number of fused-ring (bicyclic) bond motifs is 3. The maximum absolute atomic E-state index is 12.1. The first-order valence-electron chi connectivity index (χ1n) is 10.6. The molecule has 0 saturated heterocycles. The zero-order chi connectivity index (χ0) is 25.1. The number of carbonyl (C=O) groups excluding carboxylic acids is 1. The van der Waals surface area contributed by atoms with E-state index in [0.29, 0.717) is 22.6 Å². The minimum absolute atomic E-state index is 0.0780. The Morgan fingerprint density at radius 3 is 2.60 bits per heavy atom. The van der Waals surface area contributed by atoms with E-state index in [0.717, 1.165) is 16.3 Å². The summed E-state index contributed by atoms with van der Waals surface area (Å²) in [4.78, 5) is 30.2. The third-order valence-corrected chi connectivity index (χ3v) is 5.06. The molecule has 2 heterocycles. The van der Waals surface area contributed by atoms with Crippen LogP contribution in [0, 0.1) is 10.1 Å². The number of carbonyl (C=O) groups is 1. The number of nitrogens with one attached hydrogen (secondary N) is 1. The van der Waals surface area contributed by atoms with Crippen LogP contribution in [0.2, 0.25) is 0 Å².